The van der Waals surface area contributed by atoms with E-state index in [9.17, 15) is 14.9 Å². The molecule has 2 aromatic carbocycles. The number of ether oxygens (including phenoxy) is 1. The minimum absolute atomic E-state index is 0.0931. The van der Waals surface area contributed by atoms with Crippen molar-refractivity contribution in [3.8, 4) is 16.9 Å². The molecule has 6 nitrogen and oxygen atoms in total. The number of hydrogen-bond donors (Lipinski definition) is 0. The highest BCUT2D eigenvalue weighted by Crippen LogP contribution is 2.41. The number of rotatable bonds is 5. The minimum Gasteiger partial charge on any atom is -0.462 e. The highest BCUT2D eigenvalue weighted by atomic mass is 35.5. The summed E-state index contributed by atoms with van der Waals surface area (Å²) < 4.78 is 6.88. The van der Waals surface area contributed by atoms with Crippen molar-refractivity contribution in [3.63, 3.8) is 0 Å². The Bertz CT molecular complexity index is 1010. The van der Waals surface area contributed by atoms with Crippen LogP contribution < -0.4 is 0 Å². The van der Waals surface area contributed by atoms with E-state index in [1.165, 1.54) is 6.07 Å². The van der Waals surface area contributed by atoms with Gasteiger partial charge in [-0.2, -0.15) is 0 Å². The normalized spacial score (nSPS) is 10.6. The number of carbonyl (C=O) groups excluding carboxylic acids is 1. The smallest absolute Gasteiger partial charge is 0.341 e. The Labute approximate surface area is 161 Å². The standard InChI is InChI=1S/C20H17ClN2O4/c1-3-27-20(24)17-13(2)22(14-9-5-4-6-10-14)19(18(17)21)15-11-7-8-12-16(15)23(25)26/h4-12H,3H2,1-2H3. The summed E-state index contributed by atoms with van der Waals surface area (Å²) in [5, 5.41) is 11.7. The van der Waals surface area contributed by atoms with Crippen LogP contribution in [0.15, 0.2) is 54.6 Å². The van der Waals surface area contributed by atoms with E-state index in [1.807, 2.05) is 30.3 Å². The molecule has 3 aromatic rings. The van der Waals surface area contributed by atoms with Gasteiger partial charge in [0.1, 0.15) is 0 Å². The largest absolute Gasteiger partial charge is 0.462 e. The zero-order valence-electron chi connectivity index (χ0n) is 14.8. The Balaban J connectivity index is 2.39. The Morgan fingerprint density at radius 2 is 1.78 bits per heavy atom. The molecule has 0 saturated heterocycles. The molecule has 0 N–H and O–H groups in total. The van der Waals surface area contributed by atoms with E-state index >= 15 is 0 Å². The molecule has 27 heavy (non-hydrogen) atoms. The van der Waals surface area contributed by atoms with Crippen LogP contribution in [0.4, 0.5) is 5.69 Å². The van der Waals surface area contributed by atoms with E-state index in [0.717, 1.165) is 5.69 Å². The van der Waals surface area contributed by atoms with Gasteiger partial charge in [-0.1, -0.05) is 41.9 Å². The number of aromatic nitrogens is 1. The molecule has 3 rings (SSSR count). The minimum atomic E-state index is -0.561. The highest BCUT2D eigenvalue weighted by molar-refractivity contribution is 6.36. The maximum atomic E-state index is 12.5. The van der Waals surface area contributed by atoms with Crippen molar-refractivity contribution in [1.82, 2.24) is 4.57 Å². The molecular formula is C20H17ClN2O4. The molecule has 0 radical (unpaired) electrons. The van der Waals surface area contributed by atoms with E-state index in [2.05, 4.69) is 0 Å². The lowest BCUT2D eigenvalue weighted by molar-refractivity contribution is -0.384. The lowest BCUT2D eigenvalue weighted by Gasteiger charge is -2.12. The topological polar surface area (TPSA) is 74.4 Å². The van der Waals surface area contributed by atoms with Gasteiger partial charge in [-0.15, -0.1) is 0 Å². The first-order valence-electron chi connectivity index (χ1n) is 8.34. The van der Waals surface area contributed by atoms with E-state index < -0.39 is 10.9 Å². The number of hydrogen-bond acceptors (Lipinski definition) is 4. The maximum Gasteiger partial charge on any atom is 0.341 e. The second-order valence-electron chi connectivity index (χ2n) is 5.79. The van der Waals surface area contributed by atoms with Gasteiger partial charge >= 0.3 is 5.97 Å². The number of carbonyl (C=O) groups is 1. The van der Waals surface area contributed by atoms with E-state index in [4.69, 9.17) is 16.3 Å². The molecule has 0 aliphatic carbocycles. The summed E-state index contributed by atoms with van der Waals surface area (Å²) in [5.74, 6) is -0.561. The van der Waals surface area contributed by atoms with Crippen LogP contribution in [-0.2, 0) is 4.74 Å². The summed E-state index contributed by atoms with van der Waals surface area (Å²) in [4.78, 5) is 23.6. The zero-order chi connectivity index (χ0) is 19.6. The van der Waals surface area contributed by atoms with Crippen LogP contribution in [0.3, 0.4) is 0 Å². The molecule has 1 heterocycles. The molecule has 0 bridgehead atoms. The summed E-state index contributed by atoms with van der Waals surface area (Å²) in [6, 6.07) is 15.5. The highest BCUT2D eigenvalue weighted by Gasteiger charge is 2.29. The van der Waals surface area contributed by atoms with Gasteiger partial charge < -0.3 is 9.30 Å². The van der Waals surface area contributed by atoms with Crippen LogP contribution in [0.5, 0.6) is 0 Å². The number of nitrogens with zero attached hydrogens (tertiary/aromatic N) is 2. The van der Waals surface area contributed by atoms with E-state index in [-0.39, 0.29) is 22.9 Å². The third-order valence-corrected chi connectivity index (χ3v) is 4.57. The number of para-hydroxylation sites is 2. The fourth-order valence-corrected chi connectivity index (χ4v) is 3.47. The fraction of sp³-hybridized carbons (Fsp3) is 0.150. The molecule has 0 unspecified atom stereocenters. The van der Waals surface area contributed by atoms with Crippen molar-refractivity contribution >= 4 is 23.3 Å². The van der Waals surface area contributed by atoms with Crippen LogP contribution >= 0.6 is 11.6 Å². The van der Waals surface area contributed by atoms with Gasteiger partial charge in [0.05, 0.1) is 33.4 Å². The molecule has 0 fully saturated rings. The van der Waals surface area contributed by atoms with Gasteiger partial charge in [-0.25, -0.2) is 4.79 Å². The number of benzene rings is 2. The quantitative estimate of drug-likeness (QED) is 0.344. The van der Waals surface area contributed by atoms with Crippen molar-refractivity contribution in [2.45, 2.75) is 13.8 Å². The number of halogens is 1. The summed E-state index contributed by atoms with van der Waals surface area (Å²) in [6.07, 6.45) is 0. The van der Waals surface area contributed by atoms with Crippen molar-refractivity contribution in [2.24, 2.45) is 0 Å². The van der Waals surface area contributed by atoms with E-state index in [0.29, 0.717) is 17.0 Å². The molecule has 1 aromatic heterocycles. The van der Waals surface area contributed by atoms with Gasteiger partial charge in [0, 0.05) is 17.4 Å². The number of esters is 1. The van der Waals surface area contributed by atoms with Gasteiger partial charge in [-0.3, -0.25) is 10.1 Å². The van der Waals surface area contributed by atoms with Crippen LogP contribution in [0.2, 0.25) is 5.02 Å². The summed E-state index contributed by atoms with van der Waals surface area (Å²) in [5.41, 5.74) is 2.11. The van der Waals surface area contributed by atoms with Gasteiger partial charge in [-0.05, 0) is 32.0 Å². The molecule has 0 atom stereocenters. The average molecular weight is 385 g/mol. The molecule has 138 valence electrons. The van der Waals surface area contributed by atoms with Gasteiger partial charge in [0.2, 0.25) is 0 Å². The second-order valence-corrected chi connectivity index (χ2v) is 6.17. The van der Waals surface area contributed by atoms with Crippen molar-refractivity contribution in [2.75, 3.05) is 6.61 Å². The van der Waals surface area contributed by atoms with Crippen LogP contribution in [0.25, 0.3) is 16.9 Å². The van der Waals surface area contributed by atoms with E-state index in [1.54, 1.807) is 36.6 Å². The lowest BCUT2D eigenvalue weighted by Crippen LogP contribution is -2.07. The second kappa shape index (κ2) is 7.63. The fourth-order valence-electron chi connectivity index (χ4n) is 3.07. The molecule has 0 aliphatic heterocycles. The third-order valence-electron chi connectivity index (χ3n) is 4.20. The van der Waals surface area contributed by atoms with Gasteiger partial charge in [0.15, 0.2) is 0 Å². The van der Waals surface area contributed by atoms with Crippen LogP contribution in [0.1, 0.15) is 23.0 Å². The SMILES string of the molecule is CCOC(=O)c1c(Cl)c(-c2ccccc2[N+](=O)[O-])n(-c2ccccc2)c1C. The van der Waals surface area contributed by atoms with Crippen molar-refractivity contribution in [3.05, 3.63) is 81.0 Å². The Morgan fingerprint density at radius 1 is 1.15 bits per heavy atom. The monoisotopic (exact) mass is 384 g/mol. The molecule has 0 amide bonds. The first-order chi connectivity index (χ1) is 13.0. The first kappa shape index (κ1) is 18.7. The molecule has 0 aliphatic rings. The zero-order valence-corrected chi connectivity index (χ0v) is 15.6. The maximum absolute atomic E-state index is 12.5. The first-order valence-corrected chi connectivity index (χ1v) is 8.72. The van der Waals surface area contributed by atoms with Gasteiger partial charge in [0.25, 0.3) is 5.69 Å². The summed E-state index contributed by atoms with van der Waals surface area (Å²) in [7, 11) is 0. The lowest BCUT2D eigenvalue weighted by atomic mass is 10.1. The van der Waals surface area contributed by atoms with Crippen LogP contribution in [-0.4, -0.2) is 22.1 Å². The number of nitro groups is 1. The predicted octanol–water partition coefficient (Wildman–Crippen LogP) is 5.19. The molecule has 7 heteroatoms. The third kappa shape index (κ3) is 3.31. The van der Waals surface area contributed by atoms with Crippen molar-refractivity contribution in [1.29, 1.82) is 0 Å². The summed E-state index contributed by atoms with van der Waals surface area (Å²) >= 11 is 6.58. The number of nitro benzene ring substituents is 1. The summed E-state index contributed by atoms with van der Waals surface area (Å²) in [6.45, 7) is 3.65. The Kier molecular flexibility index (Phi) is 5.28. The van der Waals surface area contributed by atoms with Crippen molar-refractivity contribution < 1.29 is 14.5 Å². The van der Waals surface area contributed by atoms with Crippen LogP contribution in [0, 0.1) is 17.0 Å². The predicted molar refractivity (Wildman–Crippen MR) is 104 cm³/mol. The molecular weight excluding hydrogens is 368 g/mol. The molecule has 0 saturated carbocycles. The Hall–Kier alpha value is -3.12. The molecule has 0 spiro atoms. The average Bonchev–Trinajstić information content (AvgIpc) is 2.92. The Morgan fingerprint density at radius 3 is 2.41 bits per heavy atom.